The van der Waals surface area contributed by atoms with Crippen molar-refractivity contribution < 1.29 is 19.1 Å². The summed E-state index contributed by atoms with van der Waals surface area (Å²) in [5.41, 5.74) is -0.485. The fraction of sp³-hybridized carbons (Fsp3) is 0.846. The molecule has 0 aromatic heterocycles. The maximum absolute atomic E-state index is 12.1. The quantitative estimate of drug-likeness (QED) is 0.692. The fourth-order valence-electron chi connectivity index (χ4n) is 2.57. The summed E-state index contributed by atoms with van der Waals surface area (Å²) in [6, 6.07) is -0.551. The molecule has 0 aromatic carbocycles. The molecule has 0 aliphatic carbocycles. The molecule has 0 spiro atoms. The van der Waals surface area contributed by atoms with E-state index >= 15 is 0 Å². The first kappa shape index (κ1) is 13.3. The normalized spacial score (nSPS) is 29.4. The maximum atomic E-state index is 12.1. The zero-order chi connectivity index (χ0) is 13.3. The summed E-state index contributed by atoms with van der Waals surface area (Å²) < 4.78 is 10.4. The van der Waals surface area contributed by atoms with E-state index in [1.165, 1.54) is 0 Å². The first-order valence-electron chi connectivity index (χ1n) is 6.54. The third-order valence-corrected chi connectivity index (χ3v) is 3.28. The van der Waals surface area contributed by atoms with E-state index in [0.717, 1.165) is 19.4 Å². The van der Waals surface area contributed by atoms with Gasteiger partial charge in [-0.2, -0.15) is 0 Å². The molecule has 0 radical (unpaired) electrons. The number of esters is 2. The van der Waals surface area contributed by atoms with E-state index in [1.54, 1.807) is 0 Å². The molecule has 2 aliphatic heterocycles. The van der Waals surface area contributed by atoms with Crippen molar-refractivity contribution in [2.45, 2.75) is 57.7 Å². The van der Waals surface area contributed by atoms with Gasteiger partial charge >= 0.3 is 11.9 Å². The van der Waals surface area contributed by atoms with Crippen molar-refractivity contribution in [3.63, 3.8) is 0 Å². The zero-order valence-electron chi connectivity index (χ0n) is 11.3. The predicted octanol–water partition coefficient (Wildman–Crippen LogP) is 1.11. The Morgan fingerprint density at radius 1 is 1.39 bits per heavy atom. The van der Waals surface area contributed by atoms with Crippen molar-refractivity contribution in [3.8, 4) is 0 Å². The molecule has 2 rings (SSSR count). The molecule has 0 N–H and O–H groups in total. The van der Waals surface area contributed by atoms with E-state index in [9.17, 15) is 9.59 Å². The number of carbonyl (C=O) groups excluding carboxylic acids is 2. The number of hydrogen-bond acceptors (Lipinski definition) is 5. The molecule has 2 saturated heterocycles. The van der Waals surface area contributed by atoms with Crippen LogP contribution >= 0.6 is 0 Å². The minimum absolute atomic E-state index is 0.203. The second-order valence-electron chi connectivity index (χ2n) is 5.90. The second-order valence-corrected chi connectivity index (χ2v) is 5.90. The van der Waals surface area contributed by atoms with Crippen LogP contribution in [0.15, 0.2) is 0 Å². The largest absolute Gasteiger partial charge is 0.464 e. The van der Waals surface area contributed by atoms with E-state index < -0.39 is 5.60 Å². The Hall–Kier alpha value is -1.10. The van der Waals surface area contributed by atoms with Gasteiger partial charge in [-0.3, -0.25) is 14.5 Å². The number of rotatable bonds is 2. The Morgan fingerprint density at radius 2 is 2.11 bits per heavy atom. The van der Waals surface area contributed by atoms with Gasteiger partial charge in [-0.05, 0) is 40.2 Å². The highest BCUT2D eigenvalue weighted by molar-refractivity contribution is 5.81. The molecule has 2 fully saturated rings. The number of likely N-dealkylation sites (tertiary alicyclic amines) is 1. The van der Waals surface area contributed by atoms with Gasteiger partial charge in [0.15, 0.2) is 0 Å². The molecular formula is C13H21NO4. The molecule has 1 unspecified atom stereocenters. The van der Waals surface area contributed by atoms with Crippen LogP contribution < -0.4 is 0 Å². The third kappa shape index (κ3) is 2.83. The first-order valence-corrected chi connectivity index (χ1v) is 6.54. The summed E-state index contributed by atoms with van der Waals surface area (Å²) in [5, 5.41) is 0. The number of ether oxygens (including phenoxy) is 2. The van der Waals surface area contributed by atoms with Crippen LogP contribution in [0.2, 0.25) is 0 Å². The molecule has 0 aromatic rings. The molecule has 18 heavy (non-hydrogen) atoms. The molecule has 0 amide bonds. The highest BCUT2D eigenvalue weighted by Crippen LogP contribution is 2.27. The summed E-state index contributed by atoms with van der Waals surface area (Å²) in [5.74, 6) is -0.426. The first-order chi connectivity index (χ1) is 8.38. The fourth-order valence-corrected chi connectivity index (χ4v) is 2.57. The molecule has 2 heterocycles. The topological polar surface area (TPSA) is 55.8 Å². The van der Waals surface area contributed by atoms with Crippen LogP contribution in [0.4, 0.5) is 0 Å². The smallest absolute Gasteiger partial charge is 0.323 e. The Bertz CT molecular complexity index is 347. The molecule has 5 heteroatoms. The van der Waals surface area contributed by atoms with E-state index in [-0.39, 0.29) is 24.0 Å². The standard InChI is InChI=1S/C13H21NO4/c1-13(2,3)18-12(16)9-5-4-7-14(9)10-6-8-17-11(10)15/h9-10H,4-8H2,1-3H3/t9-,10?/m1/s1. The SMILES string of the molecule is CC(C)(C)OC(=O)[C@H]1CCCN1C1CCOC1=O. The summed E-state index contributed by atoms with van der Waals surface area (Å²) >= 11 is 0. The van der Waals surface area contributed by atoms with Crippen molar-refractivity contribution in [1.29, 1.82) is 0 Å². The Balaban J connectivity index is 2.03. The Kier molecular flexibility index (Phi) is 3.61. The molecule has 0 bridgehead atoms. The van der Waals surface area contributed by atoms with Crippen LogP contribution in [-0.2, 0) is 19.1 Å². The lowest BCUT2D eigenvalue weighted by Crippen LogP contribution is -2.47. The van der Waals surface area contributed by atoms with Gasteiger partial charge in [0, 0.05) is 6.42 Å². The van der Waals surface area contributed by atoms with Gasteiger partial charge in [0.2, 0.25) is 0 Å². The monoisotopic (exact) mass is 255 g/mol. The van der Waals surface area contributed by atoms with E-state index in [2.05, 4.69) is 0 Å². The lowest BCUT2D eigenvalue weighted by molar-refractivity contribution is -0.161. The van der Waals surface area contributed by atoms with Crippen LogP contribution in [-0.4, -0.2) is 47.7 Å². The van der Waals surface area contributed by atoms with Crippen LogP contribution in [0.25, 0.3) is 0 Å². The van der Waals surface area contributed by atoms with Crippen LogP contribution in [0.5, 0.6) is 0 Å². The molecule has 102 valence electrons. The third-order valence-electron chi connectivity index (χ3n) is 3.28. The molecule has 5 nitrogen and oxygen atoms in total. The van der Waals surface area contributed by atoms with E-state index in [1.807, 2.05) is 25.7 Å². The maximum Gasteiger partial charge on any atom is 0.323 e. The van der Waals surface area contributed by atoms with Crippen LogP contribution in [0.3, 0.4) is 0 Å². The summed E-state index contributed by atoms with van der Waals surface area (Å²) in [4.78, 5) is 25.7. The van der Waals surface area contributed by atoms with Crippen molar-refractivity contribution in [1.82, 2.24) is 4.90 Å². The molecular weight excluding hydrogens is 234 g/mol. The highest BCUT2D eigenvalue weighted by Gasteiger charge is 2.42. The van der Waals surface area contributed by atoms with Crippen molar-refractivity contribution >= 4 is 11.9 Å². The number of nitrogens with zero attached hydrogens (tertiary/aromatic N) is 1. The average molecular weight is 255 g/mol. The second kappa shape index (κ2) is 4.88. The number of cyclic esters (lactones) is 1. The van der Waals surface area contributed by atoms with Gasteiger partial charge < -0.3 is 9.47 Å². The van der Waals surface area contributed by atoms with Crippen molar-refractivity contribution in [3.05, 3.63) is 0 Å². The summed E-state index contributed by atoms with van der Waals surface area (Å²) in [7, 11) is 0. The minimum atomic E-state index is -0.485. The van der Waals surface area contributed by atoms with Gasteiger partial charge in [0.25, 0.3) is 0 Å². The number of carbonyl (C=O) groups is 2. The lowest BCUT2D eigenvalue weighted by Gasteiger charge is -2.29. The van der Waals surface area contributed by atoms with Gasteiger partial charge in [-0.15, -0.1) is 0 Å². The summed E-state index contributed by atoms with van der Waals surface area (Å²) in [6.07, 6.45) is 2.37. The van der Waals surface area contributed by atoms with Gasteiger partial charge in [0.1, 0.15) is 17.7 Å². The van der Waals surface area contributed by atoms with Crippen molar-refractivity contribution in [2.24, 2.45) is 0 Å². The Morgan fingerprint density at radius 3 is 2.67 bits per heavy atom. The van der Waals surface area contributed by atoms with Crippen LogP contribution in [0, 0.1) is 0 Å². The van der Waals surface area contributed by atoms with E-state index in [4.69, 9.17) is 9.47 Å². The minimum Gasteiger partial charge on any atom is -0.464 e. The van der Waals surface area contributed by atoms with Gasteiger partial charge in [-0.1, -0.05) is 0 Å². The number of hydrogen-bond donors (Lipinski definition) is 0. The molecule has 2 atom stereocenters. The molecule has 2 aliphatic rings. The average Bonchev–Trinajstić information content (AvgIpc) is 2.82. The summed E-state index contributed by atoms with van der Waals surface area (Å²) in [6.45, 7) is 6.79. The Labute approximate surface area is 107 Å². The highest BCUT2D eigenvalue weighted by atomic mass is 16.6. The van der Waals surface area contributed by atoms with Crippen LogP contribution in [0.1, 0.15) is 40.0 Å². The predicted molar refractivity (Wildman–Crippen MR) is 64.9 cm³/mol. The lowest BCUT2D eigenvalue weighted by atomic mass is 10.1. The zero-order valence-corrected chi connectivity index (χ0v) is 11.3. The van der Waals surface area contributed by atoms with E-state index in [0.29, 0.717) is 13.0 Å². The van der Waals surface area contributed by atoms with Crippen molar-refractivity contribution in [2.75, 3.05) is 13.2 Å². The molecule has 0 saturated carbocycles. The van der Waals surface area contributed by atoms with Gasteiger partial charge in [0.05, 0.1) is 6.61 Å². The van der Waals surface area contributed by atoms with Gasteiger partial charge in [-0.25, -0.2) is 0 Å².